The van der Waals surface area contributed by atoms with Crippen LogP contribution in [0.25, 0.3) is 0 Å². The third-order valence-electron chi connectivity index (χ3n) is 3.49. The van der Waals surface area contributed by atoms with Gasteiger partial charge in [-0.2, -0.15) is 0 Å². The highest BCUT2D eigenvalue weighted by atomic mass is 32.2. The molecular weight excluding hydrogens is 278 g/mol. The summed E-state index contributed by atoms with van der Waals surface area (Å²) in [5, 5.41) is 0. The molecule has 2 aromatic rings. The molecule has 110 valence electrons. The molecule has 0 saturated carbocycles. The fourth-order valence-corrected chi connectivity index (χ4v) is 2.92. The van der Waals surface area contributed by atoms with Crippen LogP contribution in [-0.4, -0.2) is 24.9 Å². The molecule has 0 saturated heterocycles. The highest BCUT2D eigenvalue weighted by Gasteiger charge is 2.07. The largest absolute Gasteiger partial charge is 0.345 e. The van der Waals surface area contributed by atoms with Crippen molar-refractivity contribution in [1.82, 2.24) is 4.90 Å². The van der Waals surface area contributed by atoms with Crippen LogP contribution < -0.4 is 0 Å². The second kappa shape index (κ2) is 6.81. The minimum Gasteiger partial charge on any atom is -0.345 e. The number of rotatable bonds is 4. The first-order valence-electron chi connectivity index (χ1n) is 6.98. The standard InChI is InChI=1S/C18H21NOS/c1-13-5-10-17(11-14(13)2)21-12-15-6-8-16(9-7-15)18(20)19(3)4/h5-11H,12H2,1-4H3. The molecule has 0 N–H and O–H groups in total. The zero-order valence-electron chi connectivity index (χ0n) is 13.0. The molecule has 0 aliphatic heterocycles. The first-order chi connectivity index (χ1) is 9.97. The van der Waals surface area contributed by atoms with Crippen LogP contribution in [-0.2, 0) is 5.75 Å². The van der Waals surface area contributed by atoms with Crippen LogP contribution in [0, 0.1) is 13.8 Å². The van der Waals surface area contributed by atoms with E-state index in [2.05, 4.69) is 32.0 Å². The monoisotopic (exact) mass is 299 g/mol. The van der Waals surface area contributed by atoms with Crippen molar-refractivity contribution in [1.29, 1.82) is 0 Å². The summed E-state index contributed by atoms with van der Waals surface area (Å²) in [6.07, 6.45) is 0. The minimum absolute atomic E-state index is 0.0448. The molecule has 3 heteroatoms. The molecule has 0 aromatic heterocycles. The Morgan fingerprint density at radius 2 is 1.67 bits per heavy atom. The van der Waals surface area contributed by atoms with E-state index in [1.165, 1.54) is 21.6 Å². The summed E-state index contributed by atoms with van der Waals surface area (Å²) in [7, 11) is 3.54. The third-order valence-corrected chi connectivity index (χ3v) is 4.56. The summed E-state index contributed by atoms with van der Waals surface area (Å²) in [5.41, 5.74) is 4.62. The molecule has 1 amide bonds. The predicted molar refractivity (Wildman–Crippen MR) is 89.9 cm³/mol. The molecule has 2 nitrogen and oxygen atoms in total. The van der Waals surface area contributed by atoms with Crippen LogP contribution in [0.15, 0.2) is 47.4 Å². The van der Waals surface area contributed by atoms with E-state index in [0.717, 1.165) is 11.3 Å². The lowest BCUT2D eigenvalue weighted by Crippen LogP contribution is -2.21. The Labute approximate surface area is 131 Å². The molecular formula is C18H21NOS. The van der Waals surface area contributed by atoms with Gasteiger partial charge in [-0.25, -0.2) is 0 Å². The average Bonchev–Trinajstić information content (AvgIpc) is 2.48. The highest BCUT2D eigenvalue weighted by Crippen LogP contribution is 2.25. The molecule has 0 bridgehead atoms. The zero-order valence-corrected chi connectivity index (χ0v) is 13.8. The van der Waals surface area contributed by atoms with Crippen LogP contribution >= 0.6 is 11.8 Å². The predicted octanol–water partition coefficient (Wildman–Crippen LogP) is 4.30. The van der Waals surface area contributed by atoms with Crippen molar-refractivity contribution < 1.29 is 4.79 Å². The molecule has 2 rings (SSSR count). The maximum absolute atomic E-state index is 11.8. The Balaban J connectivity index is 2.00. The van der Waals surface area contributed by atoms with Gasteiger partial charge in [0.25, 0.3) is 5.91 Å². The number of nitrogens with zero attached hydrogens (tertiary/aromatic N) is 1. The third kappa shape index (κ3) is 4.11. The molecule has 0 aliphatic carbocycles. The van der Waals surface area contributed by atoms with Gasteiger partial charge in [0.15, 0.2) is 0 Å². The first kappa shape index (κ1) is 15.6. The lowest BCUT2D eigenvalue weighted by atomic mass is 10.1. The summed E-state index contributed by atoms with van der Waals surface area (Å²) >= 11 is 1.82. The van der Waals surface area contributed by atoms with E-state index in [1.54, 1.807) is 19.0 Å². The number of hydrogen-bond donors (Lipinski definition) is 0. The number of carbonyl (C=O) groups is 1. The Morgan fingerprint density at radius 3 is 2.24 bits per heavy atom. The minimum atomic E-state index is 0.0448. The summed E-state index contributed by atoms with van der Waals surface area (Å²) < 4.78 is 0. The van der Waals surface area contributed by atoms with E-state index in [1.807, 2.05) is 36.0 Å². The van der Waals surface area contributed by atoms with E-state index in [0.29, 0.717) is 0 Å². The Hall–Kier alpha value is -1.74. The van der Waals surface area contributed by atoms with Crippen LogP contribution in [0.3, 0.4) is 0 Å². The van der Waals surface area contributed by atoms with Crippen molar-refractivity contribution in [2.75, 3.05) is 14.1 Å². The second-order valence-electron chi connectivity index (χ2n) is 5.43. The van der Waals surface area contributed by atoms with Gasteiger partial charge in [0, 0.05) is 30.3 Å². The maximum atomic E-state index is 11.8. The maximum Gasteiger partial charge on any atom is 0.253 e. The van der Waals surface area contributed by atoms with Gasteiger partial charge in [0.2, 0.25) is 0 Å². The fraction of sp³-hybridized carbons (Fsp3) is 0.278. The van der Waals surface area contributed by atoms with Gasteiger partial charge in [0.05, 0.1) is 0 Å². The van der Waals surface area contributed by atoms with E-state index in [9.17, 15) is 4.79 Å². The molecule has 0 heterocycles. The van der Waals surface area contributed by atoms with Crippen LogP contribution in [0.1, 0.15) is 27.0 Å². The lowest BCUT2D eigenvalue weighted by Gasteiger charge is -2.10. The van der Waals surface area contributed by atoms with E-state index >= 15 is 0 Å². The normalized spacial score (nSPS) is 10.5. The van der Waals surface area contributed by atoms with Crippen LogP contribution in [0.2, 0.25) is 0 Å². The van der Waals surface area contributed by atoms with Gasteiger partial charge in [-0.15, -0.1) is 11.8 Å². The van der Waals surface area contributed by atoms with Crippen molar-refractivity contribution in [2.24, 2.45) is 0 Å². The number of carbonyl (C=O) groups excluding carboxylic acids is 1. The summed E-state index contributed by atoms with van der Waals surface area (Å²) in [4.78, 5) is 14.7. The first-order valence-corrected chi connectivity index (χ1v) is 7.96. The molecule has 0 aliphatic rings. The van der Waals surface area contributed by atoms with Crippen LogP contribution in [0.5, 0.6) is 0 Å². The summed E-state index contributed by atoms with van der Waals surface area (Å²) in [6, 6.07) is 14.4. The van der Waals surface area contributed by atoms with Crippen molar-refractivity contribution in [3.63, 3.8) is 0 Å². The van der Waals surface area contributed by atoms with E-state index in [4.69, 9.17) is 0 Å². The van der Waals surface area contributed by atoms with Gasteiger partial charge < -0.3 is 4.90 Å². The molecule has 0 spiro atoms. The molecule has 0 atom stereocenters. The van der Waals surface area contributed by atoms with Gasteiger partial charge in [-0.1, -0.05) is 18.2 Å². The quantitative estimate of drug-likeness (QED) is 0.785. The van der Waals surface area contributed by atoms with Crippen LogP contribution in [0.4, 0.5) is 0 Å². The number of aryl methyl sites for hydroxylation is 2. The van der Waals surface area contributed by atoms with E-state index < -0.39 is 0 Å². The van der Waals surface area contributed by atoms with Gasteiger partial charge in [-0.3, -0.25) is 4.79 Å². The smallest absolute Gasteiger partial charge is 0.253 e. The Morgan fingerprint density at radius 1 is 1.00 bits per heavy atom. The summed E-state index contributed by atoms with van der Waals surface area (Å²) in [6.45, 7) is 4.27. The van der Waals surface area contributed by atoms with Gasteiger partial charge in [-0.05, 0) is 54.8 Å². The van der Waals surface area contributed by atoms with Gasteiger partial charge in [0.1, 0.15) is 0 Å². The number of benzene rings is 2. The van der Waals surface area contributed by atoms with Crippen molar-refractivity contribution in [3.8, 4) is 0 Å². The van der Waals surface area contributed by atoms with Crippen molar-refractivity contribution >= 4 is 17.7 Å². The lowest BCUT2D eigenvalue weighted by molar-refractivity contribution is 0.0827. The average molecular weight is 299 g/mol. The Kier molecular flexibility index (Phi) is 5.07. The molecule has 2 aromatic carbocycles. The Bertz CT molecular complexity index is 632. The highest BCUT2D eigenvalue weighted by molar-refractivity contribution is 7.98. The number of hydrogen-bond acceptors (Lipinski definition) is 2. The topological polar surface area (TPSA) is 20.3 Å². The molecule has 0 unspecified atom stereocenters. The SMILES string of the molecule is Cc1ccc(SCc2ccc(C(=O)N(C)C)cc2)cc1C. The molecule has 21 heavy (non-hydrogen) atoms. The van der Waals surface area contributed by atoms with Crippen molar-refractivity contribution in [3.05, 3.63) is 64.7 Å². The number of amides is 1. The fourth-order valence-electron chi connectivity index (χ4n) is 1.97. The number of thioether (sulfide) groups is 1. The second-order valence-corrected chi connectivity index (χ2v) is 6.48. The zero-order chi connectivity index (χ0) is 15.4. The van der Waals surface area contributed by atoms with Crippen molar-refractivity contribution in [2.45, 2.75) is 24.5 Å². The summed E-state index contributed by atoms with van der Waals surface area (Å²) in [5.74, 6) is 0.960. The molecule has 0 radical (unpaired) electrons. The molecule has 0 fully saturated rings. The van der Waals surface area contributed by atoms with E-state index in [-0.39, 0.29) is 5.91 Å². The van der Waals surface area contributed by atoms with Gasteiger partial charge >= 0.3 is 0 Å².